The average Bonchev–Trinajstić information content (AvgIpc) is 2.84. The number of aromatic nitrogens is 3. The second kappa shape index (κ2) is 5.89. The summed E-state index contributed by atoms with van der Waals surface area (Å²) in [5.41, 5.74) is -0.0799. The van der Waals surface area contributed by atoms with E-state index < -0.39 is 12.0 Å². The molecular weight excluding hydrogens is 353 g/mol. The first-order valence-corrected chi connectivity index (χ1v) is 9.63. The summed E-state index contributed by atoms with van der Waals surface area (Å²) in [5, 5.41) is 10.1. The van der Waals surface area contributed by atoms with E-state index in [0.29, 0.717) is 0 Å². The van der Waals surface area contributed by atoms with E-state index in [2.05, 4.69) is 15.5 Å². The molecule has 0 aliphatic heterocycles. The Morgan fingerprint density at radius 1 is 1.20 bits per heavy atom. The van der Waals surface area contributed by atoms with Crippen molar-refractivity contribution in [2.75, 3.05) is 5.75 Å². The highest BCUT2D eigenvalue weighted by Crippen LogP contribution is 2.55. The second-order valence-electron chi connectivity index (χ2n) is 7.90. The summed E-state index contributed by atoms with van der Waals surface area (Å²) in [5.74, 6) is 1.08. The van der Waals surface area contributed by atoms with Gasteiger partial charge in [-0.1, -0.05) is 11.8 Å². The molecule has 4 saturated carbocycles. The third kappa shape index (κ3) is 3.27. The van der Waals surface area contributed by atoms with Crippen LogP contribution < -0.4 is 5.32 Å². The average molecular weight is 374 g/mol. The molecule has 138 valence electrons. The lowest BCUT2D eigenvalue weighted by Crippen LogP contribution is -2.60. The lowest BCUT2D eigenvalue weighted by atomic mass is 9.53. The van der Waals surface area contributed by atoms with Crippen molar-refractivity contribution in [3.63, 3.8) is 0 Å². The number of hydrogen-bond donors (Lipinski definition) is 1. The number of halogens is 3. The minimum absolute atomic E-state index is 0.0611. The van der Waals surface area contributed by atoms with Crippen molar-refractivity contribution in [2.24, 2.45) is 24.8 Å². The first-order valence-electron chi connectivity index (χ1n) is 8.64. The Morgan fingerprint density at radius 3 is 2.24 bits per heavy atom. The van der Waals surface area contributed by atoms with Crippen molar-refractivity contribution in [3.8, 4) is 0 Å². The third-order valence-electron chi connectivity index (χ3n) is 5.86. The Kier molecular flexibility index (Phi) is 4.05. The zero-order valence-electron chi connectivity index (χ0n) is 14.0. The van der Waals surface area contributed by atoms with Crippen LogP contribution in [0.25, 0.3) is 0 Å². The van der Waals surface area contributed by atoms with E-state index in [-0.39, 0.29) is 22.4 Å². The summed E-state index contributed by atoms with van der Waals surface area (Å²) in [4.78, 5) is 12.4. The first-order chi connectivity index (χ1) is 11.7. The number of amides is 1. The molecule has 4 aliphatic carbocycles. The highest BCUT2D eigenvalue weighted by Gasteiger charge is 2.51. The number of thioether (sulfide) groups is 1. The highest BCUT2D eigenvalue weighted by molar-refractivity contribution is 7.99. The quantitative estimate of drug-likeness (QED) is 0.823. The van der Waals surface area contributed by atoms with Crippen LogP contribution in [0, 0.1) is 17.8 Å². The smallest absolute Gasteiger partial charge is 0.350 e. The molecule has 0 unspecified atom stereocenters. The van der Waals surface area contributed by atoms with Crippen molar-refractivity contribution in [2.45, 2.75) is 55.4 Å². The predicted octanol–water partition coefficient (Wildman–Crippen LogP) is 3.01. The molecule has 5 rings (SSSR count). The van der Waals surface area contributed by atoms with Gasteiger partial charge in [-0.25, -0.2) is 0 Å². The number of nitrogens with one attached hydrogen (secondary N) is 1. The minimum Gasteiger partial charge on any atom is -0.350 e. The molecule has 0 radical (unpaired) electrons. The SMILES string of the molecule is Cn1c(SCC(=O)NC23CC4CC(CC(C4)C2)C3)nnc1C(F)(F)F. The van der Waals surface area contributed by atoms with E-state index >= 15 is 0 Å². The van der Waals surface area contributed by atoms with Gasteiger partial charge in [0.2, 0.25) is 11.7 Å². The van der Waals surface area contributed by atoms with Crippen LogP contribution in [0.4, 0.5) is 13.2 Å². The van der Waals surface area contributed by atoms with Crippen LogP contribution in [0.2, 0.25) is 0 Å². The number of hydrogen-bond acceptors (Lipinski definition) is 4. The number of carbonyl (C=O) groups excluding carboxylic acids is 1. The number of carbonyl (C=O) groups is 1. The molecule has 1 N–H and O–H groups in total. The molecule has 0 atom stereocenters. The van der Waals surface area contributed by atoms with E-state index in [1.54, 1.807) is 0 Å². The Labute approximate surface area is 148 Å². The van der Waals surface area contributed by atoms with Gasteiger partial charge in [0.25, 0.3) is 0 Å². The summed E-state index contributed by atoms with van der Waals surface area (Å²) in [6, 6.07) is 0. The minimum atomic E-state index is -4.54. The second-order valence-corrected chi connectivity index (χ2v) is 8.84. The summed E-state index contributed by atoms with van der Waals surface area (Å²) in [6.45, 7) is 0. The largest absolute Gasteiger partial charge is 0.451 e. The molecule has 1 aromatic heterocycles. The van der Waals surface area contributed by atoms with E-state index in [9.17, 15) is 18.0 Å². The fourth-order valence-electron chi connectivity index (χ4n) is 5.41. The Bertz CT molecular complexity index is 652. The van der Waals surface area contributed by atoms with Crippen LogP contribution in [0.3, 0.4) is 0 Å². The van der Waals surface area contributed by atoms with Crippen molar-refractivity contribution >= 4 is 17.7 Å². The topological polar surface area (TPSA) is 59.8 Å². The molecule has 1 amide bonds. The fraction of sp³-hybridized carbons (Fsp3) is 0.812. The van der Waals surface area contributed by atoms with Crippen LogP contribution in [0.5, 0.6) is 0 Å². The summed E-state index contributed by atoms with van der Waals surface area (Å²) in [7, 11) is 1.27. The number of nitrogens with zero attached hydrogens (tertiary/aromatic N) is 3. The van der Waals surface area contributed by atoms with Crippen LogP contribution in [0.1, 0.15) is 44.3 Å². The molecule has 25 heavy (non-hydrogen) atoms. The Morgan fingerprint density at radius 2 is 1.76 bits per heavy atom. The predicted molar refractivity (Wildman–Crippen MR) is 85.8 cm³/mol. The number of rotatable bonds is 4. The lowest BCUT2D eigenvalue weighted by Gasteiger charge is -2.56. The van der Waals surface area contributed by atoms with E-state index in [0.717, 1.165) is 53.3 Å². The lowest BCUT2D eigenvalue weighted by molar-refractivity contribution is -0.147. The van der Waals surface area contributed by atoms with Gasteiger partial charge in [-0.2, -0.15) is 13.2 Å². The van der Waals surface area contributed by atoms with E-state index in [4.69, 9.17) is 0 Å². The van der Waals surface area contributed by atoms with Gasteiger partial charge in [0, 0.05) is 12.6 Å². The summed E-state index contributed by atoms with van der Waals surface area (Å²) in [6.07, 6.45) is 2.50. The third-order valence-corrected chi connectivity index (χ3v) is 6.88. The van der Waals surface area contributed by atoms with Gasteiger partial charge in [-0.05, 0) is 56.3 Å². The van der Waals surface area contributed by atoms with E-state index in [1.807, 2.05) is 0 Å². The van der Waals surface area contributed by atoms with Crippen molar-refractivity contribution < 1.29 is 18.0 Å². The highest BCUT2D eigenvalue weighted by atomic mass is 32.2. The number of alkyl halides is 3. The molecule has 1 heterocycles. The molecule has 0 spiro atoms. The van der Waals surface area contributed by atoms with Crippen molar-refractivity contribution in [1.29, 1.82) is 0 Å². The normalized spacial score (nSPS) is 33.7. The maximum absolute atomic E-state index is 12.7. The van der Waals surface area contributed by atoms with Gasteiger partial charge < -0.3 is 9.88 Å². The molecule has 4 aliphatic rings. The van der Waals surface area contributed by atoms with Crippen LogP contribution in [0.15, 0.2) is 5.16 Å². The van der Waals surface area contributed by atoms with Gasteiger partial charge in [0.05, 0.1) is 5.75 Å². The van der Waals surface area contributed by atoms with Gasteiger partial charge in [-0.3, -0.25) is 4.79 Å². The summed E-state index contributed by atoms with van der Waals surface area (Å²) < 4.78 is 39.1. The zero-order valence-corrected chi connectivity index (χ0v) is 14.8. The molecule has 0 aromatic carbocycles. The summed E-state index contributed by atoms with van der Waals surface area (Å²) >= 11 is 0.998. The van der Waals surface area contributed by atoms with Crippen molar-refractivity contribution in [1.82, 2.24) is 20.1 Å². The van der Waals surface area contributed by atoms with Gasteiger partial charge >= 0.3 is 6.18 Å². The van der Waals surface area contributed by atoms with E-state index in [1.165, 1.54) is 26.3 Å². The van der Waals surface area contributed by atoms with Crippen LogP contribution in [-0.2, 0) is 18.0 Å². The molecule has 9 heteroatoms. The Hall–Kier alpha value is -1.25. The Balaban J connectivity index is 1.37. The molecular formula is C16H21F3N4OS. The maximum Gasteiger partial charge on any atom is 0.451 e. The molecule has 1 aromatic rings. The maximum atomic E-state index is 12.7. The molecule has 4 bridgehead atoms. The standard InChI is InChI=1S/C16H21F3N4OS/c1-23-13(16(17,18)19)21-22-14(23)25-8-12(24)20-15-5-9-2-10(6-15)4-11(3-9)7-15/h9-11H,2-8H2,1H3,(H,20,24). The monoisotopic (exact) mass is 374 g/mol. The molecule has 5 nitrogen and oxygen atoms in total. The molecule has 4 fully saturated rings. The fourth-order valence-corrected chi connectivity index (χ4v) is 6.12. The van der Waals surface area contributed by atoms with Gasteiger partial charge in [0.1, 0.15) is 0 Å². The molecule has 0 saturated heterocycles. The van der Waals surface area contributed by atoms with Crippen LogP contribution in [-0.4, -0.2) is 32.0 Å². The first kappa shape index (κ1) is 17.2. The van der Waals surface area contributed by atoms with Gasteiger partial charge in [-0.15, -0.1) is 10.2 Å². The van der Waals surface area contributed by atoms with Crippen LogP contribution >= 0.6 is 11.8 Å². The zero-order chi connectivity index (χ0) is 17.8. The van der Waals surface area contributed by atoms with Gasteiger partial charge in [0.15, 0.2) is 5.16 Å². The van der Waals surface area contributed by atoms with Crippen molar-refractivity contribution in [3.05, 3.63) is 5.82 Å².